The van der Waals surface area contributed by atoms with E-state index >= 15 is 0 Å². The van der Waals surface area contributed by atoms with Gasteiger partial charge in [-0.05, 0) is 24.0 Å². The SMILES string of the molecule is CCCCOc1nc(N)c2[nH]c(=O)n(CCCN(Cc3cccc(CC(=O)OC)c3)C(=O)CC(=O)O)c2n1. The number of nitrogens with zero attached hydrogens (tertiary/aromatic N) is 4. The van der Waals surface area contributed by atoms with Crippen LogP contribution in [-0.4, -0.2) is 67.6 Å². The van der Waals surface area contributed by atoms with E-state index < -0.39 is 30.0 Å². The summed E-state index contributed by atoms with van der Waals surface area (Å²) in [5.41, 5.74) is 7.56. The molecule has 0 aliphatic carbocycles. The first-order valence-corrected chi connectivity index (χ1v) is 12.2. The number of unbranched alkanes of at least 4 members (excludes halogenated alkanes) is 1. The maximum absolute atomic E-state index is 12.7. The van der Waals surface area contributed by atoms with Gasteiger partial charge in [0.25, 0.3) is 0 Å². The molecule has 13 heteroatoms. The van der Waals surface area contributed by atoms with Gasteiger partial charge in [-0.25, -0.2) is 4.79 Å². The molecule has 0 unspecified atom stereocenters. The van der Waals surface area contributed by atoms with Crippen LogP contribution >= 0.6 is 0 Å². The van der Waals surface area contributed by atoms with Crippen LogP contribution in [-0.2, 0) is 38.6 Å². The summed E-state index contributed by atoms with van der Waals surface area (Å²) >= 11 is 0. The van der Waals surface area contributed by atoms with Gasteiger partial charge in [0.2, 0.25) is 5.91 Å². The van der Waals surface area contributed by atoms with E-state index in [1.165, 1.54) is 16.6 Å². The van der Waals surface area contributed by atoms with Gasteiger partial charge in [-0.1, -0.05) is 37.6 Å². The molecule has 1 amide bonds. The van der Waals surface area contributed by atoms with E-state index in [2.05, 4.69) is 15.0 Å². The number of nitrogen functional groups attached to an aromatic ring is 1. The second-order valence-corrected chi connectivity index (χ2v) is 8.69. The van der Waals surface area contributed by atoms with Crippen LogP contribution in [0.2, 0.25) is 0 Å². The van der Waals surface area contributed by atoms with Gasteiger partial charge in [0.05, 0.1) is 20.1 Å². The molecule has 38 heavy (non-hydrogen) atoms. The number of rotatable bonds is 14. The van der Waals surface area contributed by atoms with Crippen LogP contribution in [0.15, 0.2) is 29.1 Å². The van der Waals surface area contributed by atoms with E-state index in [0.29, 0.717) is 24.1 Å². The third kappa shape index (κ3) is 7.54. The number of anilines is 1. The maximum atomic E-state index is 12.7. The van der Waals surface area contributed by atoms with Crippen molar-refractivity contribution in [2.75, 3.05) is 26.0 Å². The molecule has 0 saturated carbocycles. The molecule has 3 rings (SSSR count). The van der Waals surface area contributed by atoms with Crippen molar-refractivity contribution in [1.29, 1.82) is 0 Å². The van der Waals surface area contributed by atoms with Gasteiger partial charge in [-0.2, -0.15) is 9.97 Å². The van der Waals surface area contributed by atoms with Gasteiger partial charge in [0, 0.05) is 19.6 Å². The number of hydrogen-bond donors (Lipinski definition) is 3. The van der Waals surface area contributed by atoms with Crippen molar-refractivity contribution in [1.82, 2.24) is 24.4 Å². The van der Waals surface area contributed by atoms with Gasteiger partial charge in [0.1, 0.15) is 11.9 Å². The lowest BCUT2D eigenvalue weighted by molar-refractivity contribution is -0.144. The number of aliphatic carboxylic acids is 1. The first-order valence-electron chi connectivity index (χ1n) is 12.2. The average molecular weight is 529 g/mol. The maximum Gasteiger partial charge on any atom is 0.327 e. The van der Waals surface area contributed by atoms with Crippen molar-refractivity contribution in [2.24, 2.45) is 0 Å². The number of benzene rings is 1. The molecule has 3 aromatic rings. The zero-order chi connectivity index (χ0) is 27.7. The number of imidazole rings is 1. The number of esters is 1. The summed E-state index contributed by atoms with van der Waals surface area (Å²) in [6.45, 7) is 2.93. The zero-order valence-electron chi connectivity index (χ0n) is 21.4. The molecule has 0 atom stereocenters. The number of aryl methyl sites for hydroxylation is 1. The van der Waals surface area contributed by atoms with Crippen LogP contribution in [0, 0.1) is 0 Å². The van der Waals surface area contributed by atoms with Crippen LogP contribution < -0.4 is 16.2 Å². The topological polar surface area (TPSA) is 183 Å². The molecule has 0 aliphatic heterocycles. The van der Waals surface area contributed by atoms with Crippen LogP contribution in [0.25, 0.3) is 11.2 Å². The molecule has 1 aromatic carbocycles. The van der Waals surface area contributed by atoms with Crippen LogP contribution in [0.5, 0.6) is 6.01 Å². The number of methoxy groups -OCH3 is 1. The number of hydrogen-bond acceptors (Lipinski definition) is 9. The Morgan fingerprint density at radius 2 is 1.95 bits per heavy atom. The summed E-state index contributed by atoms with van der Waals surface area (Å²) in [5.74, 6) is -2.12. The van der Waals surface area contributed by atoms with Crippen molar-refractivity contribution in [3.05, 3.63) is 45.9 Å². The summed E-state index contributed by atoms with van der Waals surface area (Å²) in [7, 11) is 1.30. The summed E-state index contributed by atoms with van der Waals surface area (Å²) in [4.78, 5) is 60.6. The number of carbonyl (C=O) groups excluding carboxylic acids is 2. The molecule has 13 nitrogen and oxygen atoms in total. The lowest BCUT2D eigenvalue weighted by atomic mass is 10.1. The molecule has 2 heterocycles. The fraction of sp³-hybridized carbons (Fsp3) is 0.440. The summed E-state index contributed by atoms with van der Waals surface area (Å²) in [6.07, 6.45) is 1.48. The zero-order valence-corrected chi connectivity index (χ0v) is 21.4. The highest BCUT2D eigenvalue weighted by Crippen LogP contribution is 2.18. The van der Waals surface area contributed by atoms with E-state index in [4.69, 9.17) is 20.3 Å². The highest BCUT2D eigenvalue weighted by molar-refractivity contribution is 5.93. The molecule has 0 bridgehead atoms. The van der Waals surface area contributed by atoms with E-state index in [1.54, 1.807) is 24.3 Å². The Morgan fingerprint density at radius 3 is 2.66 bits per heavy atom. The number of H-pyrrole nitrogens is 1. The molecule has 0 fully saturated rings. The number of aromatic amines is 1. The highest BCUT2D eigenvalue weighted by atomic mass is 16.5. The highest BCUT2D eigenvalue weighted by Gasteiger charge is 2.19. The molecule has 0 spiro atoms. The molecule has 0 saturated heterocycles. The largest absolute Gasteiger partial charge is 0.481 e. The van der Waals surface area contributed by atoms with E-state index in [0.717, 1.165) is 18.4 Å². The Labute approximate surface area is 218 Å². The Kier molecular flexibility index (Phi) is 9.79. The second kappa shape index (κ2) is 13.2. The van der Waals surface area contributed by atoms with Crippen molar-refractivity contribution in [3.8, 4) is 6.01 Å². The van der Waals surface area contributed by atoms with Crippen LogP contribution in [0.3, 0.4) is 0 Å². The minimum absolute atomic E-state index is 0.0706. The molecule has 0 aliphatic rings. The third-order valence-corrected chi connectivity index (χ3v) is 5.77. The molecule has 2 aromatic heterocycles. The summed E-state index contributed by atoms with van der Waals surface area (Å²) < 4.78 is 11.6. The molecular formula is C25H32N6O7. The molecule has 4 N–H and O–H groups in total. The standard InChI is InChI=1S/C25H32N6O7/c1-3-4-11-38-24-28-22(26)21-23(29-24)31(25(36)27-21)10-6-9-30(18(32)14-19(33)34)15-17-8-5-7-16(12-17)13-20(35)37-2/h5,7-8,12H,3-4,6,9-11,13-15H2,1-2H3,(H,27,36)(H,33,34)(H2,26,28,29). The van der Waals surface area contributed by atoms with Gasteiger partial charge < -0.3 is 30.2 Å². The van der Waals surface area contributed by atoms with Crippen LogP contribution in [0.1, 0.15) is 43.7 Å². The monoisotopic (exact) mass is 528 g/mol. The number of aromatic nitrogens is 4. The number of fused-ring (bicyclic) bond motifs is 1. The Morgan fingerprint density at radius 1 is 1.18 bits per heavy atom. The fourth-order valence-corrected chi connectivity index (χ4v) is 3.86. The predicted octanol–water partition coefficient (Wildman–Crippen LogP) is 1.49. The van der Waals surface area contributed by atoms with Crippen molar-refractivity contribution < 1.29 is 29.0 Å². The number of amides is 1. The van der Waals surface area contributed by atoms with Gasteiger partial charge in [0.15, 0.2) is 11.5 Å². The summed E-state index contributed by atoms with van der Waals surface area (Å²) in [6, 6.07) is 7.14. The summed E-state index contributed by atoms with van der Waals surface area (Å²) in [5, 5.41) is 9.14. The van der Waals surface area contributed by atoms with Crippen LogP contribution in [0.4, 0.5) is 5.82 Å². The fourth-order valence-electron chi connectivity index (χ4n) is 3.86. The quantitative estimate of drug-likeness (QED) is 0.157. The van der Waals surface area contributed by atoms with Gasteiger partial charge in [-0.3, -0.25) is 19.0 Å². The third-order valence-electron chi connectivity index (χ3n) is 5.77. The van der Waals surface area contributed by atoms with Crippen molar-refractivity contribution in [2.45, 2.75) is 52.1 Å². The molecule has 204 valence electrons. The minimum Gasteiger partial charge on any atom is -0.481 e. The first-order chi connectivity index (χ1) is 18.2. The van der Waals surface area contributed by atoms with Gasteiger partial charge >= 0.3 is 23.6 Å². The normalized spacial score (nSPS) is 10.9. The van der Waals surface area contributed by atoms with Gasteiger partial charge in [-0.15, -0.1) is 0 Å². The number of ether oxygens (including phenoxy) is 2. The average Bonchev–Trinajstić information content (AvgIpc) is 3.19. The Bertz CT molecular complexity index is 1350. The smallest absolute Gasteiger partial charge is 0.327 e. The van der Waals surface area contributed by atoms with E-state index in [-0.39, 0.29) is 43.5 Å². The Balaban J connectivity index is 1.76. The number of nitrogens with two attached hydrogens (primary N) is 1. The Hall–Kier alpha value is -4.42. The van der Waals surface area contributed by atoms with E-state index in [9.17, 15) is 19.2 Å². The molecule has 0 radical (unpaired) electrons. The molecular weight excluding hydrogens is 496 g/mol. The second-order valence-electron chi connectivity index (χ2n) is 8.69. The minimum atomic E-state index is -1.24. The number of carboxylic acids is 1. The van der Waals surface area contributed by atoms with E-state index in [1.807, 2.05) is 6.92 Å². The first kappa shape index (κ1) is 28.2. The number of carbonyl (C=O) groups is 3. The van der Waals surface area contributed by atoms with Crippen molar-refractivity contribution in [3.63, 3.8) is 0 Å². The lowest BCUT2D eigenvalue weighted by Gasteiger charge is -2.22. The predicted molar refractivity (Wildman–Crippen MR) is 137 cm³/mol. The lowest BCUT2D eigenvalue weighted by Crippen LogP contribution is -2.34. The number of carboxylic acid groups (broad SMARTS) is 1. The van der Waals surface area contributed by atoms with Crippen molar-refractivity contribution >= 4 is 34.8 Å². The number of nitrogens with one attached hydrogen (secondary N) is 1.